The molecule has 2 rings (SSSR count). The van der Waals surface area contributed by atoms with Gasteiger partial charge >= 0.3 is 0 Å². The normalized spacial score (nSPS) is 12.1. The summed E-state index contributed by atoms with van der Waals surface area (Å²) in [5.74, 6) is 0.756. The van der Waals surface area contributed by atoms with E-state index in [2.05, 4.69) is 27.0 Å². The smallest absolute Gasteiger partial charge is 0.287 e. The monoisotopic (exact) mass is 279 g/mol. The van der Waals surface area contributed by atoms with Crippen LogP contribution in [0.5, 0.6) is 0 Å². The highest BCUT2D eigenvalue weighted by Crippen LogP contribution is 2.20. The number of anilines is 1. The Labute approximate surface area is 115 Å². The largest absolute Gasteiger partial charge is 0.373 e. The molecular weight excluding hydrogens is 266 g/mol. The van der Waals surface area contributed by atoms with E-state index in [1.54, 1.807) is 18.5 Å². The Bertz CT molecular complexity index is 620. The summed E-state index contributed by atoms with van der Waals surface area (Å²) >= 11 is 6.04. The van der Waals surface area contributed by atoms with Crippen LogP contribution >= 0.6 is 11.6 Å². The standard InChI is InChI=1S/C12H14ClN5O/c1-3-6-18-12(19)10(13)9(7-16-18)17-8(2)11-14-4-5-15-11/h3-5,7-8,17H,1,6H2,2H3,(H,14,15). The maximum absolute atomic E-state index is 11.9. The number of nitrogens with zero attached hydrogens (tertiary/aromatic N) is 3. The SMILES string of the molecule is C=CCn1ncc(NC(C)c2ncc[nH]2)c(Cl)c1=O. The maximum Gasteiger partial charge on any atom is 0.287 e. The highest BCUT2D eigenvalue weighted by molar-refractivity contribution is 6.32. The number of rotatable bonds is 5. The highest BCUT2D eigenvalue weighted by atomic mass is 35.5. The van der Waals surface area contributed by atoms with Gasteiger partial charge in [0.2, 0.25) is 0 Å². The molecule has 0 fully saturated rings. The minimum Gasteiger partial charge on any atom is -0.373 e. The first-order chi connectivity index (χ1) is 9.13. The second-order valence-electron chi connectivity index (χ2n) is 3.99. The summed E-state index contributed by atoms with van der Waals surface area (Å²) in [4.78, 5) is 19.0. The number of halogens is 1. The third kappa shape index (κ3) is 2.85. The average molecular weight is 280 g/mol. The first-order valence-corrected chi connectivity index (χ1v) is 6.13. The van der Waals surface area contributed by atoms with Gasteiger partial charge in [-0.25, -0.2) is 9.67 Å². The molecule has 0 amide bonds. The molecule has 0 radical (unpaired) electrons. The second kappa shape index (κ2) is 5.71. The molecule has 2 aromatic heterocycles. The Balaban J connectivity index is 2.24. The lowest BCUT2D eigenvalue weighted by atomic mass is 10.3. The van der Waals surface area contributed by atoms with Crippen LogP contribution in [0.2, 0.25) is 5.02 Å². The third-order valence-corrected chi connectivity index (χ3v) is 2.95. The molecular formula is C12H14ClN5O. The van der Waals surface area contributed by atoms with Crippen LogP contribution in [0.4, 0.5) is 5.69 Å². The Kier molecular flexibility index (Phi) is 4.01. The van der Waals surface area contributed by atoms with E-state index in [1.807, 2.05) is 6.92 Å². The van der Waals surface area contributed by atoms with Crippen molar-refractivity contribution in [2.45, 2.75) is 19.5 Å². The summed E-state index contributed by atoms with van der Waals surface area (Å²) in [6.07, 6.45) is 6.50. The van der Waals surface area contributed by atoms with Gasteiger partial charge in [-0.2, -0.15) is 5.10 Å². The fourth-order valence-electron chi connectivity index (χ4n) is 1.63. The van der Waals surface area contributed by atoms with Crippen molar-refractivity contribution < 1.29 is 0 Å². The van der Waals surface area contributed by atoms with E-state index in [0.29, 0.717) is 12.2 Å². The summed E-state index contributed by atoms with van der Waals surface area (Å²) in [6, 6.07) is -0.107. The Hall–Kier alpha value is -2.08. The fraction of sp³-hybridized carbons (Fsp3) is 0.250. The van der Waals surface area contributed by atoms with Gasteiger partial charge in [0.15, 0.2) is 0 Å². The minimum atomic E-state index is -0.349. The lowest BCUT2D eigenvalue weighted by molar-refractivity contribution is 0.651. The number of hydrogen-bond donors (Lipinski definition) is 2. The van der Waals surface area contributed by atoms with E-state index in [1.165, 1.54) is 10.9 Å². The van der Waals surface area contributed by atoms with Crippen molar-refractivity contribution in [2.75, 3.05) is 5.32 Å². The fourth-order valence-corrected chi connectivity index (χ4v) is 1.83. The quantitative estimate of drug-likeness (QED) is 0.821. The molecule has 0 bridgehead atoms. The number of hydrogen-bond acceptors (Lipinski definition) is 4. The Morgan fingerprint density at radius 2 is 2.47 bits per heavy atom. The van der Waals surface area contributed by atoms with Crippen LogP contribution in [0.25, 0.3) is 0 Å². The molecule has 0 aromatic carbocycles. The molecule has 1 unspecified atom stereocenters. The molecule has 7 heteroatoms. The van der Waals surface area contributed by atoms with E-state index >= 15 is 0 Å². The van der Waals surface area contributed by atoms with Gasteiger partial charge in [-0.3, -0.25) is 4.79 Å². The van der Waals surface area contributed by atoms with Gasteiger partial charge in [-0.1, -0.05) is 17.7 Å². The van der Waals surface area contributed by atoms with Crippen LogP contribution in [0.3, 0.4) is 0 Å². The zero-order valence-electron chi connectivity index (χ0n) is 10.4. The van der Waals surface area contributed by atoms with Gasteiger partial charge in [0.1, 0.15) is 10.8 Å². The van der Waals surface area contributed by atoms with E-state index in [0.717, 1.165) is 5.82 Å². The lowest BCUT2D eigenvalue weighted by Crippen LogP contribution is -2.24. The van der Waals surface area contributed by atoms with E-state index in [9.17, 15) is 4.79 Å². The number of imidazole rings is 1. The van der Waals surface area contributed by atoms with E-state index in [-0.39, 0.29) is 16.6 Å². The van der Waals surface area contributed by atoms with Gasteiger partial charge < -0.3 is 10.3 Å². The minimum absolute atomic E-state index is 0.107. The van der Waals surface area contributed by atoms with Crippen LogP contribution in [0.15, 0.2) is 36.0 Å². The maximum atomic E-state index is 11.9. The zero-order valence-corrected chi connectivity index (χ0v) is 11.2. The van der Waals surface area contributed by atoms with Crippen molar-refractivity contribution >= 4 is 17.3 Å². The summed E-state index contributed by atoms with van der Waals surface area (Å²) < 4.78 is 1.25. The Morgan fingerprint density at radius 1 is 1.68 bits per heavy atom. The van der Waals surface area contributed by atoms with Gasteiger partial charge in [-0.05, 0) is 6.92 Å². The first-order valence-electron chi connectivity index (χ1n) is 5.75. The van der Waals surface area contributed by atoms with Gasteiger partial charge in [0.05, 0.1) is 24.5 Å². The number of H-pyrrole nitrogens is 1. The van der Waals surface area contributed by atoms with Crippen molar-refractivity contribution in [3.05, 3.63) is 52.4 Å². The molecule has 19 heavy (non-hydrogen) atoms. The van der Waals surface area contributed by atoms with Crippen molar-refractivity contribution in [3.8, 4) is 0 Å². The molecule has 100 valence electrons. The molecule has 0 aliphatic carbocycles. The Morgan fingerprint density at radius 3 is 3.11 bits per heavy atom. The van der Waals surface area contributed by atoms with E-state index in [4.69, 9.17) is 11.6 Å². The summed E-state index contributed by atoms with van der Waals surface area (Å²) in [7, 11) is 0. The van der Waals surface area contributed by atoms with Gasteiger partial charge in [-0.15, -0.1) is 6.58 Å². The molecule has 0 spiro atoms. The molecule has 2 N–H and O–H groups in total. The van der Waals surface area contributed by atoms with Gasteiger partial charge in [0, 0.05) is 12.4 Å². The summed E-state index contributed by atoms with van der Waals surface area (Å²) in [6.45, 7) is 5.79. The summed E-state index contributed by atoms with van der Waals surface area (Å²) in [5.41, 5.74) is 0.133. The topological polar surface area (TPSA) is 75.6 Å². The van der Waals surface area contributed by atoms with Gasteiger partial charge in [0.25, 0.3) is 5.56 Å². The second-order valence-corrected chi connectivity index (χ2v) is 4.37. The average Bonchev–Trinajstić information content (AvgIpc) is 2.92. The van der Waals surface area contributed by atoms with Crippen molar-refractivity contribution in [3.63, 3.8) is 0 Å². The predicted molar refractivity (Wildman–Crippen MR) is 74.3 cm³/mol. The predicted octanol–water partition coefficient (Wildman–Crippen LogP) is 1.98. The van der Waals surface area contributed by atoms with Crippen LogP contribution in [0, 0.1) is 0 Å². The highest BCUT2D eigenvalue weighted by Gasteiger charge is 2.13. The van der Waals surface area contributed by atoms with Crippen LogP contribution in [0.1, 0.15) is 18.8 Å². The molecule has 0 aliphatic heterocycles. The first kappa shape index (κ1) is 13.4. The third-order valence-electron chi connectivity index (χ3n) is 2.59. The molecule has 2 heterocycles. The molecule has 0 saturated heterocycles. The number of allylic oxidation sites excluding steroid dienone is 1. The van der Waals surface area contributed by atoms with Crippen molar-refractivity contribution in [1.29, 1.82) is 0 Å². The molecule has 1 atom stereocenters. The van der Waals surface area contributed by atoms with Crippen LogP contribution < -0.4 is 10.9 Å². The van der Waals surface area contributed by atoms with E-state index < -0.39 is 0 Å². The number of nitrogens with one attached hydrogen (secondary N) is 2. The molecule has 0 saturated carbocycles. The van der Waals surface area contributed by atoms with Crippen LogP contribution in [-0.4, -0.2) is 19.7 Å². The summed E-state index contributed by atoms with van der Waals surface area (Å²) in [5, 5.41) is 7.22. The lowest BCUT2D eigenvalue weighted by Gasteiger charge is -2.14. The number of aromatic amines is 1. The molecule has 0 aliphatic rings. The number of aromatic nitrogens is 4. The van der Waals surface area contributed by atoms with Crippen molar-refractivity contribution in [1.82, 2.24) is 19.7 Å². The molecule has 6 nitrogen and oxygen atoms in total. The van der Waals surface area contributed by atoms with Crippen molar-refractivity contribution in [2.24, 2.45) is 0 Å². The zero-order chi connectivity index (χ0) is 13.8. The molecule has 2 aromatic rings. The van der Waals surface area contributed by atoms with Crippen LogP contribution in [-0.2, 0) is 6.54 Å².